The lowest BCUT2D eigenvalue weighted by Crippen LogP contribution is -1.93. The van der Waals surface area contributed by atoms with Gasteiger partial charge in [0.15, 0.2) is 0 Å². The highest BCUT2D eigenvalue weighted by Crippen LogP contribution is 2.41. The SMILES string of the molecule is Brc1ccc2c(c1)c1cc(-c3ccc4c(c3)c3cc(Br)ccc3n4-c3ccc4sc5ccccc5c4c3)ccc1n2-c1ccccc1. The molecule has 7 aromatic carbocycles. The quantitative estimate of drug-likeness (QED) is 0.170. The van der Waals surface area contributed by atoms with E-state index in [2.05, 4.69) is 187 Å². The van der Waals surface area contributed by atoms with E-state index in [4.69, 9.17) is 0 Å². The summed E-state index contributed by atoms with van der Waals surface area (Å²) in [6.07, 6.45) is 0. The van der Waals surface area contributed by atoms with Crippen molar-refractivity contribution in [3.63, 3.8) is 0 Å². The van der Waals surface area contributed by atoms with Crippen LogP contribution in [0.5, 0.6) is 0 Å². The van der Waals surface area contributed by atoms with Crippen LogP contribution in [0, 0.1) is 0 Å². The Bertz CT molecular complexity index is 2880. The third-order valence-electron chi connectivity index (χ3n) is 9.42. The van der Waals surface area contributed by atoms with Crippen LogP contribution < -0.4 is 0 Å². The second kappa shape index (κ2) is 10.4. The number of halogens is 2. The summed E-state index contributed by atoms with van der Waals surface area (Å²) in [5, 5.41) is 7.57. The molecule has 0 spiro atoms. The molecular formula is C42H24Br2N2S. The largest absolute Gasteiger partial charge is 0.309 e. The smallest absolute Gasteiger partial charge is 0.0541 e. The van der Waals surface area contributed by atoms with Crippen LogP contribution in [0.3, 0.4) is 0 Å². The molecule has 3 aromatic heterocycles. The van der Waals surface area contributed by atoms with Gasteiger partial charge in [-0.05, 0) is 108 Å². The molecule has 0 saturated heterocycles. The number of para-hydroxylation sites is 1. The Labute approximate surface area is 291 Å². The van der Waals surface area contributed by atoms with Crippen molar-refractivity contribution < 1.29 is 0 Å². The number of rotatable bonds is 3. The van der Waals surface area contributed by atoms with Crippen molar-refractivity contribution in [2.45, 2.75) is 0 Å². The van der Waals surface area contributed by atoms with Gasteiger partial charge in [0, 0.05) is 62.0 Å². The van der Waals surface area contributed by atoms with Crippen LogP contribution in [-0.4, -0.2) is 9.13 Å². The summed E-state index contributed by atoms with van der Waals surface area (Å²) in [5.41, 5.74) is 9.54. The van der Waals surface area contributed by atoms with Gasteiger partial charge in [0.05, 0.1) is 22.1 Å². The first kappa shape index (κ1) is 27.4. The van der Waals surface area contributed by atoms with E-state index in [9.17, 15) is 0 Å². The maximum Gasteiger partial charge on any atom is 0.0541 e. The van der Waals surface area contributed by atoms with E-state index in [1.54, 1.807) is 0 Å². The summed E-state index contributed by atoms with van der Waals surface area (Å²) in [4.78, 5) is 0. The molecule has 0 aliphatic heterocycles. The summed E-state index contributed by atoms with van der Waals surface area (Å²) >= 11 is 9.36. The summed E-state index contributed by atoms with van der Waals surface area (Å²) in [6.45, 7) is 0. The molecule has 47 heavy (non-hydrogen) atoms. The zero-order valence-electron chi connectivity index (χ0n) is 24.9. The third-order valence-corrected chi connectivity index (χ3v) is 11.6. The molecular weight excluding hydrogens is 724 g/mol. The summed E-state index contributed by atoms with van der Waals surface area (Å²) < 4.78 is 9.58. The fourth-order valence-electron chi connectivity index (χ4n) is 7.34. The minimum Gasteiger partial charge on any atom is -0.309 e. The second-order valence-electron chi connectivity index (χ2n) is 12.1. The molecule has 0 amide bonds. The average molecular weight is 749 g/mol. The van der Waals surface area contributed by atoms with Crippen molar-refractivity contribution in [2.75, 3.05) is 0 Å². The highest BCUT2D eigenvalue weighted by molar-refractivity contribution is 9.10. The Hall–Kier alpha value is -4.68. The molecule has 0 N–H and O–H groups in total. The molecule has 10 rings (SSSR count). The molecule has 0 saturated carbocycles. The molecule has 0 fully saturated rings. The fraction of sp³-hybridized carbons (Fsp3) is 0. The number of hydrogen-bond donors (Lipinski definition) is 0. The number of fused-ring (bicyclic) bond motifs is 9. The van der Waals surface area contributed by atoms with Gasteiger partial charge in [-0.3, -0.25) is 0 Å². The van der Waals surface area contributed by atoms with Crippen molar-refractivity contribution in [2.24, 2.45) is 0 Å². The van der Waals surface area contributed by atoms with Crippen LogP contribution in [-0.2, 0) is 0 Å². The first-order valence-corrected chi connectivity index (χ1v) is 18.0. The van der Waals surface area contributed by atoms with Crippen LogP contribution in [0.25, 0.3) is 86.3 Å². The maximum absolute atomic E-state index is 3.77. The number of hydrogen-bond acceptors (Lipinski definition) is 1. The molecule has 5 heteroatoms. The highest BCUT2D eigenvalue weighted by atomic mass is 79.9. The minimum atomic E-state index is 1.08. The van der Waals surface area contributed by atoms with Crippen LogP contribution >= 0.6 is 43.2 Å². The molecule has 3 heterocycles. The molecule has 10 aromatic rings. The summed E-state index contributed by atoms with van der Waals surface area (Å²) in [5.74, 6) is 0. The van der Waals surface area contributed by atoms with E-state index in [0.29, 0.717) is 0 Å². The number of thiophene rings is 1. The fourth-order valence-corrected chi connectivity index (χ4v) is 9.15. The van der Waals surface area contributed by atoms with Crippen LogP contribution in [0.4, 0.5) is 0 Å². The first-order chi connectivity index (χ1) is 23.1. The lowest BCUT2D eigenvalue weighted by atomic mass is 10.0. The van der Waals surface area contributed by atoms with Gasteiger partial charge < -0.3 is 9.13 Å². The van der Waals surface area contributed by atoms with E-state index in [0.717, 1.165) is 14.6 Å². The van der Waals surface area contributed by atoms with Crippen molar-refractivity contribution in [3.8, 4) is 22.5 Å². The van der Waals surface area contributed by atoms with E-state index in [1.807, 2.05) is 11.3 Å². The van der Waals surface area contributed by atoms with Gasteiger partial charge in [-0.1, -0.05) is 80.4 Å². The highest BCUT2D eigenvalue weighted by Gasteiger charge is 2.17. The topological polar surface area (TPSA) is 9.86 Å². The monoisotopic (exact) mass is 746 g/mol. The Morgan fingerprint density at radius 1 is 0.362 bits per heavy atom. The predicted molar refractivity (Wildman–Crippen MR) is 209 cm³/mol. The molecule has 0 unspecified atom stereocenters. The van der Waals surface area contributed by atoms with Gasteiger partial charge in [0.1, 0.15) is 0 Å². The molecule has 0 aliphatic carbocycles. The van der Waals surface area contributed by atoms with Gasteiger partial charge in [-0.15, -0.1) is 11.3 Å². The van der Waals surface area contributed by atoms with Crippen LogP contribution in [0.15, 0.2) is 155 Å². The normalized spacial score (nSPS) is 12.0. The Kier molecular flexibility index (Phi) is 6.08. The van der Waals surface area contributed by atoms with E-state index < -0.39 is 0 Å². The van der Waals surface area contributed by atoms with Crippen molar-refractivity contribution in [1.29, 1.82) is 0 Å². The maximum atomic E-state index is 3.77. The first-order valence-electron chi connectivity index (χ1n) is 15.6. The average Bonchev–Trinajstić information content (AvgIpc) is 3.75. The lowest BCUT2D eigenvalue weighted by molar-refractivity contribution is 1.18. The number of nitrogens with zero attached hydrogens (tertiary/aromatic N) is 2. The summed E-state index contributed by atoms with van der Waals surface area (Å²) in [7, 11) is 0. The second-order valence-corrected chi connectivity index (χ2v) is 15.0. The predicted octanol–water partition coefficient (Wildman–Crippen LogP) is 13.4. The molecule has 0 radical (unpaired) electrons. The van der Waals surface area contributed by atoms with Crippen LogP contribution in [0.2, 0.25) is 0 Å². The molecule has 2 nitrogen and oxygen atoms in total. The Morgan fingerprint density at radius 3 is 1.51 bits per heavy atom. The van der Waals surface area contributed by atoms with Gasteiger partial charge in [-0.2, -0.15) is 0 Å². The Balaban J connectivity index is 1.19. The zero-order valence-corrected chi connectivity index (χ0v) is 28.9. The van der Waals surface area contributed by atoms with E-state index in [-0.39, 0.29) is 0 Å². The number of benzene rings is 7. The summed E-state index contributed by atoms with van der Waals surface area (Å²) in [6, 6.07) is 53.3. The third kappa shape index (κ3) is 4.20. The molecule has 0 aliphatic rings. The van der Waals surface area contributed by atoms with Crippen molar-refractivity contribution in [3.05, 3.63) is 155 Å². The van der Waals surface area contributed by atoms with Gasteiger partial charge in [0.2, 0.25) is 0 Å². The van der Waals surface area contributed by atoms with Gasteiger partial charge in [-0.25, -0.2) is 0 Å². The van der Waals surface area contributed by atoms with E-state index >= 15 is 0 Å². The molecule has 0 bridgehead atoms. The van der Waals surface area contributed by atoms with Crippen LogP contribution in [0.1, 0.15) is 0 Å². The minimum absolute atomic E-state index is 1.08. The van der Waals surface area contributed by atoms with E-state index in [1.165, 1.54) is 80.6 Å². The molecule has 0 atom stereocenters. The lowest BCUT2D eigenvalue weighted by Gasteiger charge is -2.10. The van der Waals surface area contributed by atoms with Crippen molar-refractivity contribution in [1.82, 2.24) is 9.13 Å². The number of aromatic nitrogens is 2. The van der Waals surface area contributed by atoms with Gasteiger partial charge in [0.25, 0.3) is 0 Å². The Morgan fingerprint density at radius 2 is 0.872 bits per heavy atom. The zero-order chi connectivity index (χ0) is 31.2. The van der Waals surface area contributed by atoms with Gasteiger partial charge >= 0.3 is 0 Å². The molecule has 222 valence electrons. The standard InChI is InChI=1S/C42H24Br2N2S/c43-27-12-17-39-34(22-27)32-20-25(10-15-37(32)45(39)29-6-2-1-3-7-29)26-11-16-38-33(21-26)35-23-28(44)13-18-40(35)46(38)30-14-19-42-36(24-30)31-8-4-5-9-41(31)47-42/h1-24H. The van der Waals surface area contributed by atoms with Crippen molar-refractivity contribution >= 4 is 107 Å².